The van der Waals surface area contributed by atoms with Crippen molar-refractivity contribution in [3.63, 3.8) is 0 Å². The molecule has 0 aromatic carbocycles. The maximum absolute atomic E-state index is 4.19. The van der Waals surface area contributed by atoms with Crippen molar-refractivity contribution in [1.82, 2.24) is 10.3 Å². The number of rotatable bonds is 7. The third-order valence-electron chi connectivity index (χ3n) is 2.47. The van der Waals surface area contributed by atoms with Gasteiger partial charge in [-0.2, -0.15) is 0 Å². The Kier molecular flexibility index (Phi) is 5.98. The van der Waals surface area contributed by atoms with Crippen LogP contribution in [0.5, 0.6) is 0 Å². The Morgan fingerprint density at radius 2 is 1.82 bits per heavy atom. The van der Waals surface area contributed by atoms with Gasteiger partial charge in [0.05, 0.1) is 0 Å². The molecule has 0 fully saturated rings. The topological polar surface area (TPSA) is 37.0 Å². The molecule has 3 nitrogen and oxygen atoms in total. The van der Waals surface area contributed by atoms with E-state index in [2.05, 4.69) is 49.4 Å². The van der Waals surface area contributed by atoms with Gasteiger partial charge in [0.15, 0.2) is 0 Å². The summed E-state index contributed by atoms with van der Waals surface area (Å²) < 4.78 is 0. The molecule has 0 saturated heterocycles. The molecule has 0 bridgehead atoms. The molecule has 3 heteroatoms. The second-order valence-electron chi connectivity index (χ2n) is 5.33. The molecule has 17 heavy (non-hydrogen) atoms. The molecule has 0 unspecified atom stereocenters. The maximum atomic E-state index is 4.19. The van der Waals surface area contributed by atoms with Crippen molar-refractivity contribution in [2.45, 2.75) is 34.2 Å². The van der Waals surface area contributed by atoms with Crippen LogP contribution in [0.3, 0.4) is 0 Å². The molecule has 0 radical (unpaired) electrons. The highest BCUT2D eigenvalue weighted by molar-refractivity contribution is 5.49. The molecule has 0 aliphatic rings. The summed E-state index contributed by atoms with van der Waals surface area (Å²) in [6, 6.07) is 2.05. The first-order valence-electron chi connectivity index (χ1n) is 6.47. The van der Waals surface area contributed by atoms with Crippen LogP contribution in [0, 0.1) is 11.8 Å². The van der Waals surface area contributed by atoms with Crippen LogP contribution in [0.25, 0.3) is 0 Å². The molecule has 1 aromatic rings. The molecule has 1 aromatic heterocycles. The first-order chi connectivity index (χ1) is 8.09. The highest BCUT2D eigenvalue weighted by atomic mass is 14.9. The van der Waals surface area contributed by atoms with Gasteiger partial charge in [0, 0.05) is 36.7 Å². The van der Waals surface area contributed by atoms with Gasteiger partial charge in [-0.3, -0.25) is 4.98 Å². The van der Waals surface area contributed by atoms with Crippen molar-refractivity contribution in [1.29, 1.82) is 0 Å². The van der Waals surface area contributed by atoms with Gasteiger partial charge in [0.1, 0.15) is 0 Å². The quantitative estimate of drug-likeness (QED) is 0.763. The van der Waals surface area contributed by atoms with Gasteiger partial charge in [0.2, 0.25) is 0 Å². The summed E-state index contributed by atoms with van der Waals surface area (Å²) >= 11 is 0. The molecular formula is C14H25N3. The fraction of sp³-hybridized carbons (Fsp3) is 0.643. The monoisotopic (exact) mass is 235 g/mol. The molecule has 0 saturated carbocycles. The zero-order valence-electron chi connectivity index (χ0n) is 11.5. The van der Waals surface area contributed by atoms with E-state index in [-0.39, 0.29) is 0 Å². The van der Waals surface area contributed by atoms with Crippen molar-refractivity contribution in [2.24, 2.45) is 11.8 Å². The van der Waals surface area contributed by atoms with Crippen molar-refractivity contribution >= 4 is 5.69 Å². The van der Waals surface area contributed by atoms with Crippen LogP contribution in [0.4, 0.5) is 5.69 Å². The SMILES string of the molecule is CC(C)CNCc1cnccc1NCC(C)C. The smallest absolute Gasteiger partial charge is 0.0416 e. The lowest BCUT2D eigenvalue weighted by Crippen LogP contribution is -2.20. The van der Waals surface area contributed by atoms with Crippen LogP contribution < -0.4 is 10.6 Å². The summed E-state index contributed by atoms with van der Waals surface area (Å²) in [5, 5.41) is 6.92. The number of anilines is 1. The van der Waals surface area contributed by atoms with Gasteiger partial charge in [-0.25, -0.2) is 0 Å². The summed E-state index contributed by atoms with van der Waals surface area (Å²) in [4.78, 5) is 4.19. The molecule has 96 valence electrons. The van der Waals surface area contributed by atoms with E-state index < -0.39 is 0 Å². The number of aromatic nitrogens is 1. The first-order valence-corrected chi connectivity index (χ1v) is 6.47. The van der Waals surface area contributed by atoms with Gasteiger partial charge >= 0.3 is 0 Å². The molecule has 0 aliphatic heterocycles. The van der Waals surface area contributed by atoms with E-state index in [0.29, 0.717) is 11.8 Å². The summed E-state index contributed by atoms with van der Waals surface area (Å²) in [6.07, 6.45) is 3.78. The van der Waals surface area contributed by atoms with E-state index in [9.17, 15) is 0 Å². The third-order valence-corrected chi connectivity index (χ3v) is 2.47. The van der Waals surface area contributed by atoms with Gasteiger partial charge in [0.25, 0.3) is 0 Å². The lowest BCUT2D eigenvalue weighted by Gasteiger charge is -2.14. The zero-order chi connectivity index (χ0) is 12.7. The Morgan fingerprint density at radius 3 is 2.47 bits per heavy atom. The minimum absolute atomic E-state index is 0.652. The fourth-order valence-corrected chi connectivity index (χ4v) is 1.55. The molecule has 0 atom stereocenters. The van der Waals surface area contributed by atoms with Crippen LogP contribution in [0.2, 0.25) is 0 Å². The normalized spacial score (nSPS) is 11.2. The van der Waals surface area contributed by atoms with E-state index in [1.54, 1.807) is 0 Å². The van der Waals surface area contributed by atoms with Gasteiger partial charge < -0.3 is 10.6 Å². The van der Waals surface area contributed by atoms with Crippen molar-refractivity contribution < 1.29 is 0 Å². The van der Waals surface area contributed by atoms with Crippen molar-refractivity contribution in [3.05, 3.63) is 24.0 Å². The van der Waals surface area contributed by atoms with E-state index >= 15 is 0 Å². The van der Waals surface area contributed by atoms with Crippen LogP contribution in [0.15, 0.2) is 18.5 Å². The average molecular weight is 235 g/mol. The standard InChI is InChI=1S/C14H25N3/c1-11(2)7-16-10-13-9-15-6-5-14(13)17-8-12(3)4/h5-6,9,11-12,16H,7-8,10H2,1-4H3,(H,15,17). The number of hydrogen-bond donors (Lipinski definition) is 2. The van der Waals surface area contributed by atoms with Crippen LogP contribution in [-0.4, -0.2) is 18.1 Å². The van der Waals surface area contributed by atoms with E-state index in [4.69, 9.17) is 0 Å². The minimum atomic E-state index is 0.652. The Bertz CT molecular complexity index is 321. The number of hydrogen-bond acceptors (Lipinski definition) is 3. The molecule has 0 aliphatic carbocycles. The lowest BCUT2D eigenvalue weighted by molar-refractivity contribution is 0.552. The van der Waals surface area contributed by atoms with Crippen LogP contribution >= 0.6 is 0 Å². The first kappa shape index (κ1) is 14.0. The minimum Gasteiger partial charge on any atom is -0.384 e. The van der Waals surface area contributed by atoms with E-state index in [0.717, 1.165) is 19.6 Å². The van der Waals surface area contributed by atoms with Crippen molar-refractivity contribution in [2.75, 3.05) is 18.4 Å². The predicted molar refractivity (Wildman–Crippen MR) is 74.1 cm³/mol. The zero-order valence-corrected chi connectivity index (χ0v) is 11.5. The molecular weight excluding hydrogens is 210 g/mol. The largest absolute Gasteiger partial charge is 0.384 e. The summed E-state index contributed by atoms with van der Waals surface area (Å²) in [6.45, 7) is 11.8. The van der Waals surface area contributed by atoms with Crippen LogP contribution in [0.1, 0.15) is 33.3 Å². The number of nitrogens with zero attached hydrogens (tertiary/aromatic N) is 1. The molecule has 0 amide bonds. The molecule has 1 rings (SSSR count). The third kappa shape index (κ3) is 5.68. The molecule has 2 N–H and O–H groups in total. The van der Waals surface area contributed by atoms with Crippen molar-refractivity contribution in [3.8, 4) is 0 Å². The summed E-state index contributed by atoms with van der Waals surface area (Å²) in [5.74, 6) is 1.33. The fourth-order valence-electron chi connectivity index (χ4n) is 1.55. The van der Waals surface area contributed by atoms with Gasteiger partial charge in [-0.05, 0) is 24.4 Å². The maximum Gasteiger partial charge on any atom is 0.0416 e. The average Bonchev–Trinajstić information content (AvgIpc) is 2.27. The Morgan fingerprint density at radius 1 is 1.12 bits per heavy atom. The summed E-state index contributed by atoms with van der Waals surface area (Å²) in [5.41, 5.74) is 2.44. The highest BCUT2D eigenvalue weighted by Crippen LogP contribution is 2.13. The Hall–Kier alpha value is -1.09. The van der Waals surface area contributed by atoms with Crippen LogP contribution in [-0.2, 0) is 6.54 Å². The second kappa shape index (κ2) is 7.28. The van der Waals surface area contributed by atoms with E-state index in [1.165, 1.54) is 11.3 Å². The lowest BCUT2D eigenvalue weighted by atomic mass is 10.2. The summed E-state index contributed by atoms with van der Waals surface area (Å²) in [7, 11) is 0. The van der Waals surface area contributed by atoms with Gasteiger partial charge in [-0.1, -0.05) is 27.7 Å². The molecule has 1 heterocycles. The number of pyridine rings is 1. The van der Waals surface area contributed by atoms with Gasteiger partial charge in [-0.15, -0.1) is 0 Å². The predicted octanol–water partition coefficient (Wildman–Crippen LogP) is 2.90. The Labute approximate surface area is 105 Å². The second-order valence-corrected chi connectivity index (χ2v) is 5.33. The Balaban J connectivity index is 2.51. The number of nitrogens with one attached hydrogen (secondary N) is 2. The van der Waals surface area contributed by atoms with E-state index in [1.807, 2.05) is 12.4 Å². The highest BCUT2D eigenvalue weighted by Gasteiger charge is 2.03. The molecule has 0 spiro atoms.